The van der Waals surface area contributed by atoms with Crippen LogP contribution >= 0.6 is 0 Å². The number of benzene rings is 2. The van der Waals surface area contributed by atoms with Gasteiger partial charge in [-0.05, 0) is 24.6 Å². The van der Waals surface area contributed by atoms with Crippen LogP contribution in [0, 0.1) is 6.92 Å². The first kappa shape index (κ1) is 15.4. The lowest BCUT2D eigenvalue weighted by molar-refractivity contribution is -0.138. The highest BCUT2D eigenvalue weighted by Crippen LogP contribution is 2.31. The van der Waals surface area contributed by atoms with Crippen molar-refractivity contribution in [2.45, 2.75) is 26.2 Å². The zero-order valence-electron chi connectivity index (χ0n) is 11.5. The highest BCUT2D eigenvalue weighted by atomic mass is 19.4. The molecule has 0 saturated carbocycles. The monoisotopic (exact) mass is 295 g/mol. The van der Waals surface area contributed by atoms with Crippen LogP contribution in [0.2, 0.25) is 0 Å². The van der Waals surface area contributed by atoms with Crippen LogP contribution < -0.4 is 5.32 Å². The number of halogens is 3. The van der Waals surface area contributed by atoms with E-state index in [2.05, 4.69) is 5.32 Å². The molecule has 0 radical (unpaired) electrons. The second kappa shape index (κ2) is 6.18. The van der Waals surface area contributed by atoms with Gasteiger partial charge in [0.15, 0.2) is 0 Å². The van der Waals surface area contributed by atoms with Gasteiger partial charge in [0.05, 0.1) is 5.56 Å². The summed E-state index contributed by atoms with van der Waals surface area (Å²) in [4.78, 5) is 0. The van der Waals surface area contributed by atoms with Crippen molar-refractivity contribution in [2.24, 2.45) is 0 Å². The fraction of sp³-hybridized carbons (Fsp3) is 0.250. The number of hydrogen-bond donors (Lipinski definition) is 2. The Labute approximate surface area is 121 Å². The fourth-order valence-electron chi connectivity index (χ4n) is 2.14. The first-order valence-corrected chi connectivity index (χ1v) is 6.52. The molecule has 0 fully saturated rings. The number of hydrogen-bond acceptors (Lipinski definition) is 2. The molecule has 2 rings (SSSR count). The number of aryl methyl sites for hydroxylation is 1. The Hall–Kier alpha value is -2.01. The number of alkyl halides is 3. The number of aromatic hydroxyl groups is 1. The molecule has 2 aromatic carbocycles. The van der Waals surface area contributed by atoms with Crippen LogP contribution in [-0.4, -0.2) is 5.11 Å². The average molecular weight is 295 g/mol. The van der Waals surface area contributed by atoms with Crippen molar-refractivity contribution in [3.63, 3.8) is 0 Å². The molecule has 0 spiro atoms. The molecule has 2 nitrogen and oxygen atoms in total. The van der Waals surface area contributed by atoms with Crippen LogP contribution in [0.4, 0.5) is 13.2 Å². The summed E-state index contributed by atoms with van der Waals surface area (Å²) in [7, 11) is 0. The van der Waals surface area contributed by atoms with E-state index in [0.29, 0.717) is 12.1 Å². The van der Waals surface area contributed by atoms with Gasteiger partial charge < -0.3 is 10.4 Å². The zero-order valence-corrected chi connectivity index (χ0v) is 11.5. The lowest BCUT2D eigenvalue weighted by Gasteiger charge is -2.13. The van der Waals surface area contributed by atoms with Gasteiger partial charge in [-0.2, -0.15) is 13.2 Å². The summed E-state index contributed by atoms with van der Waals surface area (Å²) in [6, 6.07) is 10.6. The molecule has 0 aromatic heterocycles. The van der Waals surface area contributed by atoms with E-state index >= 15 is 0 Å². The van der Waals surface area contributed by atoms with E-state index in [0.717, 1.165) is 11.6 Å². The third-order valence-electron chi connectivity index (χ3n) is 3.19. The largest absolute Gasteiger partial charge is 0.508 e. The quantitative estimate of drug-likeness (QED) is 0.893. The van der Waals surface area contributed by atoms with Crippen molar-refractivity contribution in [3.8, 4) is 5.75 Å². The Morgan fingerprint density at radius 1 is 1.00 bits per heavy atom. The van der Waals surface area contributed by atoms with E-state index in [1.54, 1.807) is 24.3 Å². The molecule has 0 aliphatic heterocycles. The average Bonchev–Trinajstić information content (AvgIpc) is 2.42. The van der Waals surface area contributed by atoms with Gasteiger partial charge in [0.1, 0.15) is 5.75 Å². The summed E-state index contributed by atoms with van der Waals surface area (Å²) >= 11 is 0. The Morgan fingerprint density at radius 3 is 2.38 bits per heavy atom. The minimum absolute atomic E-state index is 0.0864. The van der Waals surface area contributed by atoms with Gasteiger partial charge in [-0.25, -0.2) is 0 Å². The van der Waals surface area contributed by atoms with Crippen LogP contribution in [0.5, 0.6) is 5.75 Å². The lowest BCUT2D eigenvalue weighted by atomic mass is 10.1. The van der Waals surface area contributed by atoms with Gasteiger partial charge in [0.2, 0.25) is 0 Å². The Morgan fingerprint density at radius 2 is 1.67 bits per heavy atom. The molecule has 21 heavy (non-hydrogen) atoms. The van der Waals surface area contributed by atoms with Crippen molar-refractivity contribution in [3.05, 3.63) is 64.7 Å². The molecular formula is C16H16F3NO. The maximum Gasteiger partial charge on any atom is 0.416 e. The van der Waals surface area contributed by atoms with Gasteiger partial charge >= 0.3 is 6.18 Å². The van der Waals surface area contributed by atoms with E-state index in [1.807, 2.05) is 6.92 Å². The van der Waals surface area contributed by atoms with Crippen LogP contribution in [-0.2, 0) is 19.3 Å². The van der Waals surface area contributed by atoms with Crippen LogP contribution in [0.15, 0.2) is 42.5 Å². The molecule has 0 heterocycles. The summed E-state index contributed by atoms with van der Waals surface area (Å²) in [5.41, 5.74) is 1.21. The number of phenolic OH excluding ortho intramolecular Hbond substituents is 1. The zero-order chi connectivity index (χ0) is 15.5. The highest BCUT2D eigenvalue weighted by molar-refractivity contribution is 5.36. The molecule has 0 aliphatic carbocycles. The van der Waals surface area contributed by atoms with Crippen molar-refractivity contribution < 1.29 is 18.3 Å². The maximum atomic E-state index is 12.8. The van der Waals surface area contributed by atoms with Gasteiger partial charge in [0, 0.05) is 18.7 Å². The second-order valence-electron chi connectivity index (χ2n) is 4.89. The Kier molecular flexibility index (Phi) is 4.53. The third-order valence-corrected chi connectivity index (χ3v) is 3.19. The SMILES string of the molecule is Cc1ccc(O)c(CNCc2ccccc2C(F)(F)F)c1. The summed E-state index contributed by atoms with van der Waals surface area (Å²) in [5, 5.41) is 12.6. The van der Waals surface area contributed by atoms with E-state index in [-0.39, 0.29) is 17.9 Å². The normalized spacial score (nSPS) is 11.6. The molecule has 112 valence electrons. The van der Waals surface area contributed by atoms with Gasteiger partial charge in [-0.3, -0.25) is 0 Å². The molecule has 0 aliphatic rings. The van der Waals surface area contributed by atoms with Crippen LogP contribution in [0.1, 0.15) is 22.3 Å². The molecule has 0 amide bonds. The second-order valence-corrected chi connectivity index (χ2v) is 4.89. The predicted molar refractivity (Wildman–Crippen MR) is 74.8 cm³/mol. The number of nitrogens with one attached hydrogen (secondary N) is 1. The van der Waals surface area contributed by atoms with E-state index in [1.165, 1.54) is 12.1 Å². The summed E-state index contributed by atoms with van der Waals surface area (Å²) in [5.74, 6) is 0.136. The highest BCUT2D eigenvalue weighted by Gasteiger charge is 2.32. The number of rotatable bonds is 4. The first-order valence-electron chi connectivity index (χ1n) is 6.52. The smallest absolute Gasteiger partial charge is 0.416 e. The summed E-state index contributed by atoms with van der Waals surface area (Å²) < 4.78 is 38.5. The number of phenols is 1. The molecule has 0 bridgehead atoms. The molecule has 5 heteroatoms. The lowest BCUT2D eigenvalue weighted by Crippen LogP contribution is -2.17. The molecule has 2 aromatic rings. The Balaban J connectivity index is 2.06. The predicted octanol–water partition coefficient (Wildman–Crippen LogP) is 4.01. The van der Waals surface area contributed by atoms with E-state index in [4.69, 9.17) is 0 Å². The van der Waals surface area contributed by atoms with Crippen molar-refractivity contribution in [1.29, 1.82) is 0 Å². The van der Waals surface area contributed by atoms with E-state index < -0.39 is 11.7 Å². The molecule has 0 saturated heterocycles. The van der Waals surface area contributed by atoms with E-state index in [9.17, 15) is 18.3 Å². The van der Waals surface area contributed by atoms with Crippen molar-refractivity contribution >= 4 is 0 Å². The Bertz CT molecular complexity index is 623. The minimum Gasteiger partial charge on any atom is -0.508 e. The van der Waals surface area contributed by atoms with Gasteiger partial charge in [-0.1, -0.05) is 35.9 Å². The maximum absolute atomic E-state index is 12.8. The topological polar surface area (TPSA) is 32.3 Å². The molecular weight excluding hydrogens is 279 g/mol. The summed E-state index contributed by atoms with van der Waals surface area (Å²) in [6.45, 7) is 2.28. The minimum atomic E-state index is -4.36. The first-order chi connectivity index (χ1) is 9.88. The van der Waals surface area contributed by atoms with Crippen molar-refractivity contribution in [2.75, 3.05) is 0 Å². The van der Waals surface area contributed by atoms with Crippen LogP contribution in [0.3, 0.4) is 0 Å². The fourth-order valence-corrected chi connectivity index (χ4v) is 2.14. The van der Waals surface area contributed by atoms with Crippen LogP contribution in [0.25, 0.3) is 0 Å². The third kappa shape index (κ3) is 3.98. The van der Waals surface area contributed by atoms with Crippen molar-refractivity contribution in [1.82, 2.24) is 5.32 Å². The van der Waals surface area contributed by atoms with Gasteiger partial charge in [0.25, 0.3) is 0 Å². The molecule has 2 N–H and O–H groups in total. The molecule has 0 atom stereocenters. The standard InChI is InChI=1S/C16H16F3NO/c1-11-6-7-15(21)13(8-11)10-20-9-12-4-2-3-5-14(12)16(17,18)19/h2-8,20-21H,9-10H2,1H3. The van der Waals surface area contributed by atoms with Gasteiger partial charge in [-0.15, -0.1) is 0 Å². The molecule has 0 unspecified atom stereocenters. The summed E-state index contributed by atoms with van der Waals surface area (Å²) in [6.07, 6.45) is -4.36.